The number of hydrogen-bond acceptors (Lipinski definition) is 4. The van der Waals surface area contributed by atoms with Crippen molar-refractivity contribution in [2.24, 2.45) is 3.77 Å². The van der Waals surface area contributed by atoms with Gasteiger partial charge < -0.3 is 4.55 Å². The molecule has 0 aromatic rings. The summed E-state index contributed by atoms with van der Waals surface area (Å²) in [5, 5.41) is -1.00. The van der Waals surface area contributed by atoms with Gasteiger partial charge in [0.2, 0.25) is 0 Å². The second-order valence-electron chi connectivity index (χ2n) is 1.92. The van der Waals surface area contributed by atoms with Gasteiger partial charge in [-0.15, -0.1) is 3.77 Å². The first-order valence-electron chi connectivity index (χ1n) is 2.71. The third-order valence-electron chi connectivity index (χ3n) is 0.733. The molecule has 0 spiro atoms. The molecule has 0 aromatic heterocycles. The maximum atomic E-state index is 11.5. The van der Waals surface area contributed by atoms with Gasteiger partial charge in [0, 0.05) is 10.0 Å². The Morgan fingerprint density at radius 3 is 1.87 bits per heavy atom. The maximum absolute atomic E-state index is 11.5. The minimum Gasteiger partial charge on any atom is -0.760 e. The summed E-state index contributed by atoms with van der Waals surface area (Å²) in [6, 6.07) is 0. The molecule has 0 bridgehead atoms. The molecule has 0 aliphatic rings. The van der Waals surface area contributed by atoms with E-state index in [-0.39, 0.29) is 0 Å². The number of rotatable bonds is 2. The van der Waals surface area contributed by atoms with Gasteiger partial charge in [0.25, 0.3) is 6.08 Å². The third-order valence-corrected chi connectivity index (χ3v) is 3.41. The lowest BCUT2D eigenvalue weighted by atomic mass is 11.1. The highest BCUT2D eigenvalue weighted by Gasteiger charge is 2.46. The third kappa shape index (κ3) is 4.53. The highest BCUT2D eigenvalue weighted by molar-refractivity contribution is 8.02. The number of nitrogens with zero attached hydrogens (tertiary/aromatic N) is 1. The second kappa shape index (κ2) is 4.02. The van der Waals surface area contributed by atoms with Gasteiger partial charge in [0.1, 0.15) is 0 Å². The molecule has 0 aliphatic carbocycles. The average Bonchev–Trinajstić information content (AvgIpc) is 1.75. The molecule has 0 rings (SSSR count). The molecular weight excluding hydrogens is 273 g/mol. The van der Waals surface area contributed by atoms with Crippen LogP contribution in [0.15, 0.2) is 15.3 Å². The molecule has 5 nitrogen and oxygen atoms in total. The number of sulfonamides is 1. The lowest BCUT2D eigenvalue weighted by molar-refractivity contribution is -0.0435. The lowest BCUT2D eigenvalue weighted by Gasteiger charge is -2.09. The van der Waals surface area contributed by atoms with E-state index in [1.807, 2.05) is 0 Å². The summed E-state index contributed by atoms with van der Waals surface area (Å²) in [6.07, 6.45) is -2.89. The van der Waals surface area contributed by atoms with Gasteiger partial charge in [0.15, 0.2) is 0 Å². The minimum atomic E-state index is -6.34. The van der Waals surface area contributed by atoms with E-state index in [2.05, 4.69) is 0 Å². The van der Waals surface area contributed by atoms with Crippen molar-refractivity contribution in [3.63, 3.8) is 0 Å². The molecule has 0 aliphatic heterocycles. The Morgan fingerprint density at radius 2 is 1.60 bits per heavy atom. The van der Waals surface area contributed by atoms with Crippen molar-refractivity contribution in [3.8, 4) is 0 Å². The SMILES string of the molecule is O=S(=O)(N=S(=O)([O-])C=C(F)F)C(F)(F)F. The van der Waals surface area contributed by atoms with E-state index in [1.165, 1.54) is 3.77 Å². The van der Waals surface area contributed by atoms with E-state index >= 15 is 0 Å². The molecule has 0 saturated heterocycles. The zero-order valence-corrected chi connectivity index (χ0v) is 8.00. The Bertz CT molecular complexity index is 477. The lowest BCUT2D eigenvalue weighted by Crippen LogP contribution is -2.21. The minimum absolute atomic E-state index is 1.00. The zero-order chi connectivity index (χ0) is 12.5. The number of alkyl halides is 3. The van der Waals surface area contributed by atoms with Crippen molar-refractivity contribution >= 4 is 20.0 Å². The Balaban J connectivity index is 5.65. The summed E-state index contributed by atoms with van der Waals surface area (Å²) >= 11 is 0. The summed E-state index contributed by atoms with van der Waals surface area (Å²) < 4.78 is 99.5. The van der Waals surface area contributed by atoms with Gasteiger partial charge in [0.05, 0.1) is 5.41 Å². The molecule has 0 fully saturated rings. The van der Waals surface area contributed by atoms with Gasteiger partial charge in [-0.3, -0.25) is 4.21 Å². The molecule has 0 N–H and O–H groups in total. The highest BCUT2D eigenvalue weighted by atomic mass is 32.3. The van der Waals surface area contributed by atoms with E-state index in [0.29, 0.717) is 0 Å². The number of halogens is 5. The Hall–Kier alpha value is -0.750. The van der Waals surface area contributed by atoms with E-state index in [1.54, 1.807) is 0 Å². The second-order valence-corrected chi connectivity index (χ2v) is 5.19. The molecule has 90 valence electrons. The molecule has 0 saturated carbocycles. The van der Waals surface area contributed by atoms with Crippen LogP contribution in [0.1, 0.15) is 0 Å². The van der Waals surface area contributed by atoms with Crippen LogP contribution in [0.25, 0.3) is 0 Å². The van der Waals surface area contributed by atoms with Gasteiger partial charge >= 0.3 is 15.5 Å². The fourth-order valence-corrected chi connectivity index (χ4v) is 2.14. The number of hydrogen-bond donors (Lipinski definition) is 0. The Labute approximate surface area is 80.6 Å². The quantitative estimate of drug-likeness (QED) is 0.707. The first kappa shape index (κ1) is 14.2. The van der Waals surface area contributed by atoms with Crippen LogP contribution in [-0.4, -0.2) is 22.7 Å². The Kier molecular flexibility index (Phi) is 3.82. The largest absolute Gasteiger partial charge is 0.760 e. The fourth-order valence-electron chi connectivity index (χ4n) is 0.313. The van der Waals surface area contributed by atoms with E-state index < -0.39 is 37.0 Å². The smallest absolute Gasteiger partial charge is 0.519 e. The van der Waals surface area contributed by atoms with E-state index in [9.17, 15) is 39.1 Å². The van der Waals surface area contributed by atoms with Crippen molar-refractivity contribution in [1.82, 2.24) is 0 Å². The Morgan fingerprint density at radius 1 is 1.20 bits per heavy atom. The van der Waals surface area contributed by atoms with Crippen LogP contribution in [0.2, 0.25) is 0 Å². The molecule has 12 heteroatoms. The molecule has 0 heterocycles. The predicted molar refractivity (Wildman–Crippen MR) is 36.6 cm³/mol. The molecule has 15 heavy (non-hydrogen) atoms. The van der Waals surface area contributed by atoms with Crippen LogP contribution < -0.4 is 0 Å². The molecule has 0 aromatic carbocycles. The van der Waals surface area contributed by atoms with Gasteiger partial charge in [-0.2, -0.15) is 30.4 Å². The van der Waals surface area contributed by atoms with Crippen molar-refractivity contribution < 1.29 is 39.1 Å². The van der Waals surface area contributed by atoms with Crippen LogP contribution in [0.4, 0.5) is 22.0 Å². The topological polar surface area (TPSA) is 86.6 Å². The maximum Gasteiger partial charge on any atom is 0.519 e. The van der Waals surface area contributed by atoms with Crippen molar-refractivity contribution in [3.05, 3.63) is 11.5 Å². The van der Waals surface area contributed by atoms with Crippen LogP contribution in [0.3, 0.4) is 0 Å². The van der Waals surface area contributed by atoms with Crippen LogP contribution in [0, 0.1) is 0 Å². The van der Waals surface area contributed by atoms with Crippen molar-refractivity contribution in [2.75, 3.05) is 0 Å². The molecule has 0 amide bonds. The van der Waals surface area contributed by atoms with Gasteiger partial charge in [-0.1, -0.05) is 0 Å². The van der Waals surface area contributed by atoms with Crippen molar-refractivity contribution in [2.45, 2.75) is 5.51 Å². The molecule has 1 atom stereocenters. The standard InChI is InChI=1S/C3H2F5NO4S2/c4-2(5)1-14(10,11)9-15(12,13)3(6,7)8/h1H,(H,9,10,11)/p-1. The molecule has 1 unspecified atom stereocenters. The average molecular weight is 274 g/mol. The van der Waals surface area contributed by atoms with Crippen molar-refractivity contribution in [1.29, 1.82) is 0 Å². The van der Waals surface area contributed by atoms with Gasteiger partial charge in [-0.05, 0) is 0 Å². The molecular formula is C3HF5NO4S2-. The molecule has 0 radical (unpaired) electrons. The summed E-state index contributed by atoms with van der Waals surface area (Å²) in [7, 11) is -11.9. The highest BCUT2D eigenvalue weighted by Crippen LogP contribution is 2.25. The van der Waals surface area contributed by atoms with E-state index in [0.717, 1.165) is 0 Å². The van der Waals surface area contributed by atoms with E-state index in [4.69, 9.17) is 0 Å². The summed E-state index contributed by atoms with van der Waals surface area (Å²) in [6.45, 7) is 0. The first-order chi connectivity index (χ1) is 6.37. The monoisotopic (exact) mass is 274 g/mol. The fraction of sp³-hybridized carbons (Fsp3) is 0.333. The summed E-state index contributed by atoms with van der Waals surface area (Å²) in [5.74, 6) is 0. The van der Waals surface area contributed by atoms with Crippen LogP contribution in [0.5, 0.6) is 0 Å². The zero-order valence-electron chi connectivity index (χ0n) is 6.36. The summed E-state index contributed by atoms with van der Waals surface area (Å²) in [4.78, 5) is 0. The summed E-state index contributed by atoms with van der Waals surface area (Å²) in [5.41, 5.74) is -5.96. The van der Waals surface area contributed by atoms with Gasteiger partial charge in [-0.25, -0.2) is 0 Å². The predicted octanol–water partition coefficient (Wildman–Crippen LogP) is 1.17. The van der Waals surface area contributed by atoms with Crippen LogP contribution in [-0.2, 0) is 20.0 Å². The first-order valence-corrected chi connectivity index (χ1v) is 5.65. The normalized spacial score (nSPS) is 16.7. The van der Waals surface area contributed by atoms with Crippen LogP contribution >= 0.6 is 0 Å².